The van der Waals surface area contributed by atoms with E-state index in [1.165, 1.54) is 0 Å². The summed E-state index contributed by atoms with van der Waals surface area (Å²) in [5.41, 5.74) is 0.0450. The van der Waals surface area contributed by atoms with Crippen molar-refractivity contribution >= 4 is 5.91 Å². The molecule has 1 aromatic rings. The van der Waals surface area contributed by atoms with Crippen LogP contribution in [-0.2, 0) is 4.74 Å². The van der Waals surface area contributed by atoms with Gasteiger partial charge in [-0.25, -0.2) is 0 Å². The molecule has 2 fully saturated rings. The fraction of sp³-hybridized carbons (Fsp3) is 0.722. The minimum absolute atomic E-state index is 0.00293. The van der Waals surface area contributed by atoms with Gasteiger partial charge in [-0.1, -0.05) is 0 Å². The number of hydrogen-bond acceptors (Lipinski definition) is 5. The summed E-state index contributed by atoms with van der Waals surface area (Å²) in [5.74, 6) is 0.439. The van der Waals surface area contributed by atoms with Gasteiger partial charge in [0.25, 0.3) is 5.91 Å². The molecule has 1 aromatic heterocycles. The van der Waals surface area contributed by atoms with E-state index in [-0.39, 0.29) is 11.3 Å². The van der Waals surface area contributed by atoms with Crippen LogP contribution in [0.2, 0.25) is 0 Å². The van der Waals surface area contributed by atoms with E-state index < -0.39 is 0 Å². The molecular weight excluding hydrogens is 306 g/mol. The van der Waals surface area contributed by atoms with Crippen molar-refractivity contribution < 1.29 is 13.9 Å². The number of hydrogen-bond donors (Lipinski definition) is 0. The number of furan rings is 1. The van der Waals surface area contributed by atoms with Crippen molar-refractivity contribution in [2.24, 2.45) is 5.41 Å². The van der Waals surface area contributed by atoms with Gasteiger partial charge in [-0.3, -0.25) is 9.69 Å². The summed E-state index contributed by atoms with van der Waals surface area (Å²) in [5, 5.41) is 0. The average molecular weight is 335 g/mol. The fourth-order valence-corrected chi connectivity index (χ4v) is 3.80. The van der Waals surface area contributed by atoms with Gasteiger partial charge in [0.1, 0.15) is 0 Å². The van der Waals surface area contributed by atoms with Gasteiger partial charge in [-0.2, -0.15) is 0 Å². The van der Waals surface area contributed by atoms with Crippen LogP contribution in [0.15, 0.2) is 22.8 Å². The number of amides is 1. The normalized spacial score (nSPS) is 26.0. The average Bonchev–Trinajstić information content (AvgIpc) is 3.03. The first kappa shape index (κ1) is 17.5. The SMILES string of the molecule is CN(C)CCN1CCOCC2(CCCN(C(=O)c3ccco3)C2)C1. The summed E-state index contributed by atoms with van der Waals surface area (Å²) >= 11 is 0. The van der Waals surface area contributed by atoms with E-state index in [4.69, 9.17) is 9.15 Å². The molecule has 0 aliphatic carbocycles. The van der Waals surface area contributed by atoms with Crippen molar-refractivity contribution in [2.75, 3.05) is 66.6 Å². The fourth-order valence-electron chi connectivity index (χ4n) is 3.80. The molecule has 24 heavy (non-hydrogen) atoms. The van der Waals surface area contributed by atoms with Crippen molar-refractivity contribution in [3.05, 3.63) is 24.2 Å². The maximum atomic E-state index is 12.6. The molecule has 2 saturated heterocycles. The molecule has 0 bridgehead atoms. The molecule has 0 aromatic carbocycles. The van der Waals surface area contributed by atoms with Gasteiger partial charge < -0.3 is 19.0 Å². The zero-order chi connectivity index (χ0) is 17.0. The van der Waals surface area contributed by atoms with Crippen molar-refractivity contribution in [3.8, 4) is 0 Å². The van der Waals surface area contributed by atoms with Crippen LogP contribution in [0.25, 0.3) is 0 Å². The van der Waals surface area contributed by atoms with Gasteiger partial charge >= 0.3 is 0 Å². The van der Waals surface area contributed by atoms with Crippen LogP contribution in [0.4, 0.5) is 0 Å². The smallest absolute Gasteiger partial charge is 0.289 e. The first-order chi connectivity index (χ1) is 11.6. The van der Waals surface area contributed by atoms with Gasteiger partial charge in [0.2, 0.25) is 0 Å². The number of carbonyl (C=O) groups excluding carboxylic acids is 1. The van der Waals surface area contributed by atoms with Crippen molar-refractivity contribution in [1.82, 2.24) is 14.7 Å². The minimum Gasteiger partial charge on any atom is -0.459 e. The van der Waals surface area contributed by atoms with Gasteiger partial charge in [0.05, 0.1) is 19.5 Å². The molecule has 3 heterocycles. The van der Waals surface area contributed by atoms with E-state index in [0.717, 1.165) is 65.3 Å². The third kappa shape index (κ3) is 4.18. The molecule has 0 radical (unpaired) electrons. The van der Waals surface area contributed by atoms with Gasteiger partial charge in [0, 0.05) is 44.7 Å². The van der Waals surface area contributed by atoms with E-state index in [9.17, 15) is 4.79 Å². The van der Waals surface area contributed by atoms with Gasteiger partial charge in [-0.05, 0) is 39.1 Å². The summed E-state index contributed by atoms with van der Waals surface area (Å²) in [6.07, 6.45) is 3.70. The maximum Gasteiger partial charge on any atom is 0.289 e. The Morgan fingerprint density at radius 1 is 1.33 bits per heavy atom. The number of likely N-dealkylation sites (N-methyl/N-ethyl adjacent to an activating group) is 1. The molecule has 0 saturated carbocycles. The Hall–Kier alpha value is -1.37. The second kappa shape index (κ2) is 7.68. The predicted octanol–water partition coefficient (Wildman–Crippen LogP) is 1.40. The predicted molar refractivity (Wildman–Crippen MR) is 92.1 cm³/mol. The van der Waals surface area contributed by atoms with Crippen LogP contribution < -0.4 is 0 Å². The molecule has 134 valence electrons. The number of piperidine rings is 1. The quantitative estimate of drug-likeness (QED) is 0.832. The monoisotopic (exact) mass is 335 g/mol. The standard InChI is InChI=1S/C18H29N3O3/c1-19(2)8-9-20-10-12-23-15-18(13-20)6-4-7-21(14-18)17(22)16-5-3-11-24-16/h3,5,11H,4,6-10,12-15H2,1-2H3. The summed E-state index contributed by atoms with van der Waals surface area (Å²) in [7, 11) is 4.21. The third-order valence-corrected chi connectivity index (χ3v) is 5.06. The molecule has 3 rings (SSSR count). The highest BCUT2D eigenvalue weighted by molar-refractivity contribution is 5.91. The summed E-state index contributed by atoms with van der Waals surface area (Å²) in [6, 6.07) is 3.52. The molecule has 1 atom stereocenters. The van der Waals surface area contributed by atoms with Crippen LogP contribution in [0.1, 0.15) is 23.4 Å². The molecular formula is C18H29N3O3. The second-order valence-corrected chi connectivity index (χ2v) is 7.44. The number of nitrogens with zero attached hydrogens (tertiary/aromatic N) is 3. The topological polar surface area (TPSA) is 49.2 Å². The lowest BCUT2D eigenvalue weighted by Gasteiger charge is -2.43. The first-order valence-corrected chi connectivity index (χ1v) is 8.86. The molecule has 6 nitrogen and oxygen atoms in total. The summed E-state index contributed by atoms with van der Waals surface area (Å²) in [4.78, 5) is 19.3. The Bertz CT molecular complexity index is 532. The molecule has 0 N–H and O–H groups in total. The lowest BCUT2D eigenvalue weighted by molar-refractivity contribution is 0.00598. The van der Waals surface area contributed by atoms with E-state index in [2.05, 4.69) is 23.9 Å². The van der Waals surface area contributed by atoms with Crippen LogP contribution in [-0.4, -0.2) is 87.2 Å². The molecule has 2 aliphatic heterocycles. The Morgan fingerprint density at radius 2 is 2.21 bits per heavy atom. The highest BCUT2D eigenvalue weighted by Gasteiger charge is 2.40. The number of carbonyl (C=O) groups is 1. The molecule has 1 unspecified atom stereocenters. The van der Waals surface area contributed by atoms with E-state index in [1.54, 1.807) is 18.4 Å². The van der Waals surface area contributed by atoms with Crippen LogP contribution in [0, 0.1) is 5.41 Å². The molecule has 1 amide bonds. The molecule has 1 spiro atoms. The minimum atomic E-state index is 0.00293. The van der Waals surface area contributed by atoms with Gasteiger partial charge in [0.15, 0.2) is 5.76 Å². The Labute approximate surface area is 144 Å². The van der Waals surface area contributed by atoms with Crippen LogP contribution >= 0.6 is 0 Å². The van der Waals surface area contributed by atoms with Gasteiger partial charge in [-0.15, -0.1) is 0 Å². The lowest BCUT2D eigenvalue weighted by atomic mass is 9.80. The second-order valence-electron chi connectivity index (χ2n) is 7.44. The Morgan fingerprint density at radius 3 is 2.96 bits per heavy atom. The molecule has 6 heteroatoms. The highest BCUT2D eigenvalue weighted by Crippen LogP contribution is 2.33. The Balaban J connectivity index is 1.67. The Kier molecular flexibility index (Phi) is 5.58. The van der Waals surface area contributed by atoms with Crippen LogP contribution in [0.3, 0.4) is 0 Å². The van der Waals surface area contributed by atoms with Crippen molar-refractivity contribution in [3.63, 3.8) is 0 Å². The highest BCUT2D eigenvalue weighted by atomic mass is 16.5. The summed E-state index contributed by atoms with van der Waals surface area (Å²) < 4.78 is 11.2. The van der Waals surface area contributed by atoms with E-state index in [0.29, 0.717) is 5.76 Å². The maximum absolute atomic E-state index is 12.6. The van der Waals surface area contributed by atoms with Crippen LogP contribution in [0.5, 0.6) is 0 Å². The zero-order valence-electron chi connectivity index (χ0n) is 14.9. The van der Waals surface area contributed by atoms with Crippen molar-refractivity contribution in [1.29, 1.82) is 0 Å². The zero-order valence-corrected chi connectivity index (χ0v) is 14.9. The largest absolute Gasteiger partial charge is 0.459 e. The number of ether oxygens (including phenoxy) is 1. The first-order valence-electron chi connectivity index (χ1n) is 8.86. The van der Waals surface area contributed by atoms with E-state index >= 15 is 0 Å². The third-order valence-electron chi connectivity index (χ3n) is 5.06. The molecule has 2 aliphatic rings. The van der Waals surface area contributed by atoms with E-state index in [1.807, 2.05) is 4.90 Å². The number of rotatable bonds is 4. The van der Waals surface area contributed by atoms with Crippen molar-refractivity contribution in [2.45, 2.75) is 12.8 Å². The summed E-state index contributed by atoms with van der Waals surface area (Å²) in [6.45, 7) is 7.15. The number of likely N-dealkylation sites (tertiary alicyclic amines) is 1. The lowest BCUT2D eigenvalue weighted by Crippen LogP contribution is -2.52.